The highest BCUT2D eigenvalue weighted by molar-refractivity contribution is 5.03. The summed E-state index contributed by atoms with van der Waals surface area (Å²) in [5.41, 5.74) is 0.0104. The van der Waals surface area contributed by atoms with Gasteiger partial charge in [-0.2, -0.15) is 0 Å². The molecule has 0 N–H and O–H groups in total. The fourth-order valence-electron chi connectivity index (χ4n) is 0.755. The molecule has 0 bridgehead atoms. The lowest BCUT2D eigenvalue weighted by Gasteiger charge is -1.91. The lowest BCUT2D eigenvalue weighted by molar-refractivity contribution is 0.484. The molecule has 0 atom stereocenters. The van der Waals surface area contributed by atoms with Crippen LogP contribution < -0.4 is 5.43 Å². The van der Waals surface area contributed by atoms with Crippen molar-refractivity contribution in [1.29, 1.82) is 0 Å². The maximum Gasteiger partial charge on any atom is 0.185 e. The average molecular weight is 184 g/mol. The Morgan fingerprint density at radius 3 is 1.46 bits per heavy atom. The van der Waals surface area contributed by atoms with Crippen molar-refractivity contribution in [2.75, 3.05) is 0 Å². The summed E-state index contributed by atoms with van der Waals surface area (Å²) in [7, 11) is 0. The monoisotopic (exact) mass is 184 g/mol. The lowest BCUT2D eigenvalue weighted by Crippen LogP contribution is -1.97. The Hall–Kier alpha value is -1.05. The van der Waals surface area contributed by atoms with Gasteiger partial charge in [-0.05, 0) is 13.8 Å². The summed E-state index contributed by atoms with van der Waals surface area (Å²) in [5, 5.41) is 0. The summed E-state index contributed by atoms with van der Waals surface area (Å²) in [6, 6.07) is 2.93. The second-order valence-corrected chi connectivity index (χ2v) is 2.01. The van der Waals surface area contributed by atoms with Crippen molar-refractivity contribution in [2.24, 2.45) is 0 Å². The van der Waals surface area contributed by atoms with Crippen LogP contribution in [0.3, 0.4) is 0 Å². The van der Waals surface area contributed by atoms with E-state index >= 15 is 0 Å². The number of aryl methyl sites for hydroxylation is 2. The van der Waals surface area contributed by atoms with Crippen molar-refractivity contribution in [2.45, 2.75) is 41.5 Å². The van der Waals surface area contributed by atoms with Crippen LogP contribution in [0.25, 0.3) is 0 Å². The molecular formula is C11H20O2. The Balaban J connectivity index is 0. The van der Waals surface area contributed by atoms with E-state index in [1.165, 1.54) is 12.1 Å². The van der Waals surface area contributed by atoms with E-state index in [1.807, 2.05) is 27.7 Å². The van der Waals surface area contributed by atoms with E-state index in [1.54, 1.807) is 13.8 Å². The molecule has 1 aromatic heterocycles. The molecule has 0 aliphatic heterocycles. The van der Waals surface area contributed by atoms with Crippen LogP contribution in [0, 0.1) is 13.8 Å². The molecule has 1 heterocycles. The average Bonchev–Trinajstić information content (AvgIpc) is 2.09. The first-order valence-electron chi connectivity index (χ1n) is 4.77. The molecule has 0 aliphatic rings. The van der Waals surface area contributed by atoms with Gasteiger partial charge in [-0.3, -0.25) is 4.79 Å². The van der Waals surface area contributed by atoms with E-state index in [0.717, 1.165) is 0 Å². The zero-order valence-electron chi connectivity index (χ0n) is 9.47. The molecule has 2 heteroatoms. The first-order valence-corrected chi connectivity index (χ1v) is 4.77. The van der Waals surface area contributed by atoms with Gasteiger partial charge in [0.25, 0.3) is 0 Å². The molecule has 76 valence electrons. The Kier molecular flexibility index (Phi) is 10.1. The number of hydrogen-bond acceptors (Lipinski definition) is 2. The summed E-state index contributed by atoms with van der Waals surface area (Å²) in [4.78, 5) is 10.7. The molecule has 1 rings (SSSR count). The predicted molar refractivity (Wildman–Crippen MR) is 57.1 cm³/mol. The van der Waals surface area contributed by atoms with Crippen molar-refractivity contribution in [1.82, 2.24) is 0 Å². The molecule has 0 radical (unpaired) electrons. The zero-order valence-corrected chi connectivity index (χ0v) is 9.47. The summed E-state index contributed by atoms with van der Waals surface area (Å²) in [6.45, 7) is 11.5. The van der Waals surface area contributed by atoms with Gasteiger partial charge in [-0.25, -0.2) is 0 Å². The molecule has 0 spiro atoms. The molecular weight excluding hydrogens is 164 g/mol. The second-order valence-electron chi connectivity index (χ2n) is 2.01. The molecule has 0 saturated heterocycles. The summed E-state index contributed by atoms with van der Waals surface area (Å²) >= 11 is 0. The van der Waals surface area contributed by atoms with Crippen molar-refractivity contribution in [3.8, 4) is 0 Å². The van der Waals surface area contributed by atoms with Gasteiger partial charge in [0.15, 0.2) is 5.43 Å². The fourth-order valence-corrected chi connectivity index (χ4v) is 0.755. The van der Waals surface area contributed by atoms with Crippen molar-refractivity contribution >= 4 is 0 Å². The van der Waals surface area contributed by atoms with Gasteiger partial charge in [-0.1, -0.05) is 27.7 Å². The van der Waals surface area contributed by atoms with E-state index in [4.69, 9.17) is 4.42 Å². The van der Waals surface area contributed by atoms with Gasteiger partial charge in [-0.15, -0.1) is 0 Å². The van der Waals surface area contributed by atoms with Crippen LogP contribution in [0.1, 0.15) is 39.2 Å². The van der Waals surface area contributed by atoms with Gasteiger partial charge in [0, 0.05) is 12.1 Å². The molecule has 2 nitrogen and oxygen atoms in total. The third-order valence-electron chi connectivity index (χ3n) is 1.01. The van der Waals surface area contributed by atoms with E-state index in [0.29, 0.717) is 11.5 Å². The van der Waals surface area contributed by atoms with Crippen LogP contribution in [-0.2, 0) is 0 Å². The smallest absolute Gasteiger partial charge is 0.185 e. The molecule has 13 heavy (non-hydrogen) atoms. The number of rotatable bonds is 0. The van der Waals surface area contributed by atoms with Crippen LogP contribution in [0.4, 0.5) is 0 Å². The maximum atomic E-state index is 10.7. The number of hydrogen-bond donors (Lipinski definition) is 0. The molecule has 0 fully saturated rings. The normalized spacial score (nSPS) is 7.54. The molecule has 0 saturated carbocycles. The van der Waals surface area contributed by atoms with Gasteiger partial charge in [0.1, 0.15) is 11.5 Å². The van der Waals surface area contributed by atoms with Gasteiger partial charge in [0.2, 0.25) is 0 Å². The van der Waals surface area contributed by atoms with Gasteiger partial charge >= 0.3 is 0 Å². The highest BCUT2D eigenvalue weighted by atomic mass is 16.3. The SMILES string of the molecule is CC.CC.Cc1cc(=O)cc(C)o1. The first-order chi connectivity index (χ1) is 6.18. The van der Waals surface area contributed by atoms with Gasteiger partial charge < -0.3 is 4.42 Å². The highest BCUT2D eigenvalue weighted by Crippen LogP contribution is 1.95. The maximum absolute atomic E-state index is 10.7. The Labute approximate surface area is 80.6 Å². The third-order valence-corrected chi connectivity index (χ3v) is 1.01. The molecule has 0 amide bonds. The minimum Gasteiger partial charge on any atom is -0.466 e. The molecule has 0 aliphatic carbocycles. The second kappa shape index (κ2) is 9.04. The highest BCUT2D eigenvalue weighted by Gasteiger charge is 1.90. The van der Waals surface area contributed by atoms with E-state index in [2.05, 4.69) is 0 Å². The Morgan fingerprint density at radius 2 is 1.23 bits per heavy atom. The lowest BCUT2D eigenvalue weighted by atomic mass is 10.4. The predicted octanol–water partition coefficient (Wildman–Crippen LogP) is 3.31. The first kappa shape index (κ1) is 14.5. The van der Waals surface area contributed by atoms with Crippen LogP contribution >= 0.6 is 0 Å². The van der Waals surface area contributed by atoms with E-state index < -0.39 is 0 Å². The Morgan fingerprint density at radius 1 is 0.923 bits per heavy atom. The van der Waals surface area contributed by atoms with E-state index in [9.17, 15) is 4.79 Å². The van der Waals surface area contributed by atoms with Crippen LogP contribution in [0.15, 0.2) is 21.3 Å². The van der Waals surface area contributed by atoms with Crippen molar-refractivity contribution in [3.63, 3.8) is 0 Å². The van der Waals surface area contributed by atoms with Crippen molar-refractivity contribution in [3.05, 3.63) is 33.9 Å². The largest absolute Gasteiger partial charge is 0.466 e. The minimum atomic E-state index is 0.0104. The molecule has 0 aromatic carbocycles. The molecule has 0 unspecified atom stereocenters. The fraction of sp³-hybridized carbons (Fsp3) is 0.545. The zero-order chi connectivity index (χ0) is 10.9. The van der Waals surface area contributed by atoms with Crippen LogP contribution in [0.2, 0.25) is 0 Å². The summed E-state index contributed by atoms with van der Waals surface area (Å²) in [5.74, 6) is 1.33. The quantitative estimate of drug-likeness (QED) is 0.619. The topological polar surface area (TPSA) is 30.2 Å². The minimum absolute atomic E-state index is 0.0104. The standard InChI is InChI=1S/C7H8O2.2C2H6/c1-5-3-7(8)4-6(2)9-5;2*1-2/h3-4H,1-2H3;2*1-2H3. The summed E-state index contributed by atoms with van der Waals surface area (Å²) < 4.78 is 5.06. The Bertz CT molecular complexity index is 238. The van der Waals surface area contributed by atoms with Crippen molar-refractivity contribution < 1.29 is 4.42 Å². The van der Waals surface area contributed by atoms with Crippen LogP contribution in [0.5, 0.6) is 0 Å². The third kappa shape index (κ3) is 7.32. The van der Waals surface area contributed by atoms with Gasteiger partial charge in [0.05, 0.1) is 0 Å². The molecule has 1 aromatic rings. The summed E-state index contributed by atoms with van der Waals surface area (Å²) in [6.07, 6.45) is 0. The van der Waals surface area contributed by atoms with E-state index in [-0.39, 0.29) is 5.43 Å². The van der Waals surface area contributed by atoms with Crippen LogP contribution in [-0.4, -0.2) is 0 Å².